The molecule has 0 aliphatic rings. The van der Waals surface area contributed by atoms with Crippen LogP contribution < -0.4 is 4.74 Å². The molecule has 0 aromatic heterocycles. The summed E-state index contributed by atoms with van der Waals surface area (Å²) in [6.07, 6.45) is -0.726. The number of hydrogen-bond donors (Lipinski definition) is 0. The topological polar surface area (TPSA) is 61.8 Å². The highest BCUT2D eigenvalue weighted by Gasteiger charge is 2.16. The second-order valence-corrected chi connectivity index (χ2v) is 5.49. The van der Waals surface area contributed by atoms with E-state index in [1.807, 2.05) is 6.92 Å². The van der Waals surface area contributed by atoms with Gasteiger partial charge in [-0.15, -0.1) is 0 Å². The van der Waals surface area contributed by atoms with E-state index in [2.05, 4.69) is 0 Å². The largest absolute Gasteiger partial charge is 0.425 e. The van der Waals surface area contributed by atoms with Crippen LogP contribution in [0.2, 0.25) is 0 Å². The molecule has 0 amide bonds. The maximum Gasteiger partial charge on any atom is 0.340 e. The quantitative estimate of drug-likeness (QED) is 0.297. The van der Waals surface area contributed by atoms with Gasteiger partial charge in [0.1, 0.15) is 11.6 Å². The first kappa shape index (κ1) is 19.8. The van der Waals surface area contributed by atoms with Crippen LogP contribution in [-0.2, 0) is 14.3 Å². The average Bonchev–Trinajstić information content (AvgIpc) is 2.65. The second-order valence-electron chi connectivity index (χ2n) is 5.49. The zero-order valence-corrected chi connectivity index (χ0v) is 14.7. The van der Waals surface area contributed by atoms with Crippen molar-refractivity contribution in [1.82, 2.24) is 0 Å². The summed E-state index contributed by atoms with van der Waals surface area (Å²) < 4.78 is 28.6. The van der Waals surface area contributed by atoms with Gasteiger partial charge < -0.3 is 14.2 Å². The summed E-state index contributed by atoms with van der Waals surface area (Å²) in [6, 6.07) is 11.5. The molecule has 2 aromatic rings. The zero-order valence-electron chi connectivity index (χ0n) is 14.7. The van der Waals surface area contributed by atoms with Crippen LogP contribution in [0.3, 0.4) is 0 Å². The van der Waals surface area contributed by atoms with Gasteiger partial charge in [-0.05, 0) is 62.4 Å². The lowest BCUT2D eigenvalue weighted by molar-refractivity contribution is -0.147. The number of carbonyl (C=O) groups excluding carboxylic acids is 2. The Morgan fingerprint density at radius 3 is 2.12 bits per heavy atom. The average molecular weight is 360 g/mol. The van der Waals surface area contributed by atoms with Crippen molar-refractivity contribution >= 4 is 11.8 Å². The molecule has 0 heterocycles. The van der Waals surface area contributed by atoms with Gasteiger partial charge >= 0.3 is 5.97 Å². The van der Waals surface area contributed by atoms with E-state index < -0.39 is 17.9 Å². The van der Waals surface area contributed by atoms with Crippen molar-refractivity contribution < 1.29 is 28.2 Å². The highest BCUT2D eigenvalue weighted by atomic mass is 19.1. The molecule has 0 aliphatic carbocycles. The van der Waals surface area contributed by atoms with Crippen LogP contribution in [0.15, 0.2) is 48.5 Å². The van der Waals surface area contributed by atoms with Crippen LogP contribution in [0.4, 0.5) is 4.39 Å². The molecule has 2 rings (SSSR count). The van der Waals surface area contributed by atoms with Crippen LogP contribution >= 0.6 is 0 Å². The van der Waals surface area contributed by atoms with Crippen molar-refractivity contribution in [1.29, 1.82) is 0 Å². The number of carbonyl (C=O) groups is 2. The lowest BCUT2D eigenvalue weighted by atomic mass is 10.0. The minimum absolute atomic E-state index is 0.240. The summed E-state index contributed by atoms with van der Waals surface area (Å²) >= 11 is 0. The number of hydrogen-bond acceptors (Lipinski definition) is 5. The number of benzene rings is 2. The van der Waals surface area contributed by atoms with Crippen molar-refractivity contribution in [3.8, 4) is 5.75 Å². The van der Waals surface area contributed by atoms with Gasteiger partial charge in [0.05, 0.1) is 13.2 Å². The molecule has 0 aliphatic heterocycles. The fraction of sp³-hybridized carbons (Fsp3) is 0.300. The van der Waals surface area contributed by atoms with Crippen molar-refractivity contribution in [2.75, 3.05) is 19.8 Å². The lowest BCUT2D eigenvalue weighted by Gasteiger charge is -2.12. The van der Waals surface area contributed by atoms with Crippen LogP contribution in [0, 0.1) is 5.82 Å². The minimum atomic E-state index is -0.726. The molecule has 5 nitrogen and oxygen atoms in total. The summed E-state index contributed by atoms with van der Waals surface area (Å²) in [4.78, 5) is 24.3. The van der Waals surface area contributed by atoms with Gasteiger partial charge in [-0.1, -0.05) is 0 Å². The van der Waals surface area contributed by atoms with Crippen LogP contribution in [0.1, 0.15) is 29.8 Å². The van der Waals surface area contributed by atoms with Gasteiger partial charge in [0, 0.05) is 17.7 Å². The molecule has 1 unspecified atom stereocenters. The first-order valence-electron chi connectivity index (χ1n) is 8.32. The molecule has 1 atom stereocenters. The Kier molecular flexibility index (Phi) is 7.44. The highest BCUT2D eigenvalue weighted by Crippen LogP contribution is 2.16. The van der Waals surface area contributed by atoms with Crippen LogP contribution in [0.5, 0.6) is 5.75 Å². The maximum atomic E-state index is 12.9. The third kappa shape index (κ3) is 5.75. The SMILES string of the molecule is CCOCCOC(C)C(=O)Oc1ccc(C(=O)c2ccc(F)cc2)cc1. The van der Waals surface area contributed by atoms with E-state index in [1.165, 1.54) is 36.4 Å². The van der Waals surface area contributed by atoms with Gasteiger partial charge in [0.15, 0.2) is 11.9 Å². The minimum Gasteiger partial charge on any atom is -0.425 e. The monoisotopic (exact) mass is 360 g/mol. The summed E-state index contributed by atoms with van der Waals surface area (Å²) in [5, 5.41) is 0. The van der Waals surface area contributed by atoms with E-state index >= 15 is 0 Å². The molecular weight excluding hydrogens is 339 g/mol. The van der Waals surface area contributed by atoms with E-state index in [-0.39, 0.29) is 5.78 Å². The standard InChI is InChI=1S/C20H21FO5/c1-3-24-12-13-25-14(2)20(23)26-18-10-6-16(7-11-18)19(22)15-4-8-17(21)9-5-15/h4-11,14H,3,12-13H2,1-2H3. The molecular formula is C20H21FO5. The molecule has 2 aromatic carbocycles. The maximum absolute atomic E-state index is 12.9. The summed E-state index contributed by atoms with van der Waals surface area (Å²) in [5.74, 6) is -0.859. The first-order chi connectivity index (χ1) is 12.5. The Balaban J connectivity index is 1.91. The van der Waals surface area contributed by atoms with Gasteiger partial charge in [0.2, 0.25) is 0 Å². The van der Waals surface area contributed by atoms with E-state index in [0.29, 0.717) is 36.7 Å². The Morgan fingerprint density at radius 2 is 1.54 bits per heavy atom. The summed E-state index contributed by atoms with van der Waals surface area (Å²) in [7, 11) is 0. The molecule has 0 radical (unpaired) electrons. The highest BCUT2D eigenvalue weighted by molar-refractivity contribution is 6.09. The van der Waals surface area contributed by atoms with Crippen molar-refractivity contribution in [2.45, 2.75) is 20.0 Å². The van der Waals surface area contributed by atoms with Gasteiger partial charge in [-0.25, -0.2) is 9.18 Å². The smallest absolute Gasteiger partial charge is 0.340 e. The number of rotatable bonds is 9. The number of esters is 1. The van der Waals surface area contributed by atoms with E-state index in [9.17, 15) is 14.0 Å². The van der Waals surface area contributed by atoms with Crippen LogP contribution in [0.25, 0.3) is 0 Å². The van der Waals surface area contributed by atoms with E-state index in [1.54, 1.807) is 19.1 Å². The molecule has 0 saturated heterocycles. The molecule has 0 fully saturated rings. The number of ketones is 1. The molecule has 0 saturated carbocycles. The zero-order chi connectivity index (χ0) is 18.9. The fourth-order valence-electron chi connectivity index (χ4n) is 2.14. The number of ether oxygens (including phenoxy) is 3. The fourth-order valence-corrected chi connectivity index (χ4v) is 2.14. The van der Waals surface area contributed by atoms with Crippen molar-refractivity contribution in [3.63, 3.8) is 0 Å². The second kappa shape index (κ2) is 9.79. The van der Waals surface area contributed by atoms with Gasteiger partial charge in [0.25, 0.3) is 0 Å². The van der Waals surface area contributed by atoms with Crippen molar-refractivity contribution in [2.24, 2.45) is 0 Å². The molecule has 26 heavy (non-hydrogen) atoms. The number of halogens is 1. The normalized spacial score (nSPS) is 11.8. The molecule has 0 spiro atoms. The molecule has 0 bridgehead atoms. The predicted molar refractivity (Wildman–Crippen MR) is 93.8 cm³/mol. The Hall–Kier alpha value is -2.57. The van der Waals surface area contributed by atoms with E-state index in [0.717, 1.165) is 0 Å². The Bertz CT molecular complexity index is 725. The molecule has 138 valence electrons. The van der Waals surface area contributed by atoms with E-state index in [4.69, 9.17) is 14.2 Å². The van der Waals surface area contributed by atoms with Gasteiger partial charge in [-0.3, -0.25) is 4.79 Å². The predicted octanol–water partition coefficient (Wildman–Crippen LogP) is 3.40. The molecule has 0 N–H and O–H groups in total. The lowest BCUT2D eigenvalue weighted by Crippen LogP contribution is -2.27. The van der Waals surface area contributed by atoms with Crippen molar-refractivity contribution in [3.05, 3.63) is 65.5 Å². The Labute approximate surface area is 151 Å². The first-order valence-corrected chi connectivity index (χ1v) is 8.32. The summed E-state index contributed by atoms with van der Waals surface area (Å²) in [5.41, 5.74) is 0.796. The Morgan fingerprint density at radius 1 is 0.962 bits per heavy atom. The third-order valence-electron chi connectivity index (χ3n) is 3.57. The molecule has 6 heteroatoms. The summed E-state index contributed by atoms with van der Waals surface area (Å²) in [6.45, 7) is 4.78. The van der Waals surface area contributed by atoms with Crippen LogP contribution in [-0.4, -0.2) is 37.7 Å². The van der Waals surface area contributed by atoms with Gasteiger partial charge in [-0.2, -0.15) is 0 Å². The third-order valence-corrected chi connectivity index (χ3v) is 3.57.